The number of hydrogen-bond donors (Lipinski definition) is 1. The van der Waals surface area contributed by atoms with Gasteiger partial charge in [0, 0.05) is 18.6 Å². The van der Waals surface area contributed by atoms with E-state index in [1.807, 2.05) is 11.9 Å². The van der Waals surface area contributed by atoms with Crippen molar-refractivity contribution in [3.8, 4) is 0 Å². The van der Waals surface area contributed by atoms with Gasteiger partial charge in [0.15, 0.2) is 0 Å². The van der Waals surface area contributed by atoms with E-state index in [0.29, 0.717) is 0 Å². The summed E-state index contributed by atoms with van der Waals surface area (Å²) in [6, 6.07) is 0.470. The normalized spacial score (nSPS) is 28.9. The first-order chi connectivity index (χ1) is 7.67. The molecule has 102 valence electrons. The molecule has 17 heavy (non-hydrogen) atoms. The van der Waals surface area contributed by atoms with Crippen molar-refractivity contribution in [3.63, 3.8) is 0 Å². The standard InChI is InChI=1S/C12H23F3N2/c1-11(2)6-5-9(10(11)16-3)17(4)8-7-12(13,14)15/h9-10,16H,5-8H2,1-4H3. The Bertz CT molecular complexity index is 251. The third-order valence-corrected chi connectivity index (χ3v) is 3.94. The molecule has 1 N–H and O–H groups in total. The van der Waals surface area contributed by atoms with E-state index in [1.54, 1.807) is 7.05 Å². The van der Waals surface area contributed by atoms with Gasteiger partial charge in [0.1, 0.15) is 0 Å². The summed E-state index contributed by atoms with van der Waals surface area (Å²) < 4.78 is 36.6. The van der Waals surface area contributed by atoms with Crippen molar-refractivity contribution in [2.75, 3.05) is 20.6 Å². The van der Waals surface area contributed by atoms with Crippen molar-refractivity contribution in [1.29, 1.82) is 0 Å². The minimum Gasteiger partial charge on any atom is -0.315 e. The molecule has 5 heteroatoms. The Morgan fingerprint density at radius 2 is 1.94 bits per heavy atom. The number of nitrogens with one attached hydrogen (secondary N) is 1. The van der Waals surface area contributed by atoms with Gasteiger partial charge in [0.2, 0.25) is 0 Å². The van der Waals surface area contributed by atoms with Crippen molar-refractivity contribution < 1.29 is 13.2 Å². The zero-order chi connectivity index (χ0) is 13.3. The van der Waals surface area contributed by atoms with E-state index in [4.69, 9.17) is 0 Å². The SMILES string of the molecule is CNC1C(N(C)CCC(F)(F)F)CCC1(C)C. The summed E-state index contributed by atoms with van der Waals surface area (Å²) in [4.78, 5) is 1.85. The van der Waals surface area contributed by atoms with E-state index in [-0.39, 0.29) is 24.0 Å². The third kappa shape index (κ3) is 3.85. The molecule has 0 heterocycles. The van der Waals surface area contributed by atoms with E-state index < -0.39 is 12.6 Å². The van der Waals surface area contributed by atoms with Crippen molar-refractivity contribution >= 4 is 0 Å². The Hall–Kier alpha value is -0.290. The summed E-state index contributed by atoms with van der Waals surface area (Å²) >= 11 is 0. The van der Waals surface area contributed by atoms with Gasteiger partial charge in [-0.2, -0.15) is 13.2 Å². The van der Waals surface area contributed by atoms with Crippen LogP contribution >= 0.6 is 0 Å². The molecule has 0 bridgehead atoms. The third-order valence-electron chi connectivity index (χ3n) is 3.94. The second-order valence-corrected chi connectivity index (χ2v) is 5.71. The fraction of sp³-hybridized carbons (Fsp3) is 1.00. The van der Waals surface area contributed by atoms with E-state index in [2.05, 4.69) is 19.2 Å². The maximum Gasteiger partial charge on any atom is 0.390 e. The molecule has 0 aromatic heterocycles. The van der Waals surface area contributed by atoms with Gasteiger partial charge in [-0.05, 0) is 32.4 Å². The molecule has 1 aliphatic rings. The summed E-state index contributed by atoms with van der Waals surface area (Å²) in [5.74, 6) is 0. The molecule has 2 atom stereocenters. The van der Waals surface area contributed by atoms with Crippen LogP contribution in [0.4, 0.5) is 13.2 Å². The molecule has 1 aliphatic carbocycles. The molecule has 2 unspecified atom stereocenters. The summed E-state index contributed by atoms with van der Waals surface area (Å²) in [5.41, 5.74) is 0.159. The Kier molecular flexibility index (Phi) is 4.47. The van der Waals surface area contributed by atoms with Gasteiger partial charge >= 0.3 is 6.18 Å². The first-order valence-corrected chi connectivity index (χ1v) is 6.11. The summed E-state index contributed by atoms with van der Waals surface area (Å²) in [6.45, 7) is 4.43. The van der Waals surface area contributed by atoms with Gasteiger partial charge in [0.05, 0.1) is 6.42 Å². The first-order valence-electron chi connectivity index (χ1n) is 6.11. The van der Waals surface area contributed by atoms with Crippen LogP contribution in [0, 0.1) is 5.41 Å². The van der Waals surface area contributed by atoms with E-state index in [1.165, 1.54) is 0 Å². The van der Waals surface area contributed by atoms with Gasteiger partial charge in [-0.3, -0.25) is 0 Å². The van der Waals surface area contributed by atoms with Crippen LogP contribution in [0.2, 0.25) is 0 Å². The average Bonchev–Trinajstić information content (AvgIpc) is 2.48. The molecular weight excluding hydrogens is 229 g/mol. The van der Waals surface area contributed by atoms with Crippen molar-refractivity contribution in [1.82, 2.24) is 10.2 Å². The van der Waals surface area contributed by atoms with Gasteiger partial charge < -0.3 is 10.2 Å². The summed E-state index contributed by atoms with van der Waals surface area (Å²) in [6.07, 6.45) is -2.76. The van der Waals surface area contributed by atoms with E-state index in [0.717, 1.165) is 12.8 Å². The highest BCUT2D eigenvalue weighted by Gasteiger charge is 2.43. The lowest BCUT2D eigenvalue weighted by Gasteiger charge is -2.35. The second-order valence-electron chi connectivity index (χ2n) is 5.71. The molecule has 0 amide bonds. The van der Waals surface area contributed by atoms with Gasteiger partial charge in [-0.1, -0.05) is 13.8 Å². The van der Waals surface area contributed by atoms with Crippen LogP contribution in [0.25, 0.3) is 0 Å². The molecule has 0 aromatic rings. The lowest BCUT2D eigenvalue weighted by Crippen LogP contribution is -2.49. The number of hydrogen-bond acceptors (Lipinski definition) is 2. The maximum absolute atomic E-state index is 12.2. The molecule has 1 saturated carbocycles. The smallest absolute Gasteiger partial charge is 0.315 e. The van der Waals surface area contributed by atoms with Crippen molar-refractivity contribution in [3.05, 3.63) is 0 Å². The molecule has 1 rings (SSSR count). The van der Waals surface area contributed by atoms with Crippen LogP contribution in [0.15, 0.2) is 0 Å². The Morgan fingerprint density at radius 3 is 2.41 bits per heavy atom. The van der Waals surface area contributed by atoms with Crippen LogP contribution in [0.1, 0.15) is 33.1 Å². The minimum absolute atomic E-state index is 0.0857. The highest BCUT2D eigenvalue weighted by molar-refractivity contribution is 4.99. The predicted octanol–water partition coefficient (Wildman–Crippen LogP) is 2.65. The maximum atomic E-state index is 12.2. The molecule has 0 saturated heterocycles. The molecule has 2 nitrogen and oxygen atoms in total. The monoisotopic (exact) mass is 252 g/mol. The van der Waals surface area contributed by atoms with Crippen LogP contribution in [-0.2, 0) is 0 Å². The van der Waals surface area contributed by atoms with Crippen molar-refractivity contribution in [2.45, 2.75) is 51.4 Å². The number of alkyl halides is 3. The van der Waals surface area contributed by atoms with Crippen molar-refractivity contribution in [2.24, 2.45) is 5.41 Å². The predicted molar refractivity (Wildman–Crippen MR) is 63.0 cm³/mol. The molecule has 1 fully saturated rings. The molecular formula is C12H23F3N2. The first kappa shape index (κ1) is 14.8. The van der Waals surface area contributed by atoms with Crippen LogP contribution < -0.4 is 5.32 Å². The molecule has 0 aromatic carbocycles. The Labute approximate surface area is 102 Å². The minimum atomic E-state index is -4.06. The number of rotatable bonds is 4. The average molecular weight is 252 g/mol. The lowest BCUT2D eigenvalue weighted by atomic mass is 9.86. The van der Waals surface area contributed by atoms with Gasteiger partial charge in [0.25, 0.3) is 0 Å². The lowest BCUT2D eigenvalue weighted by molar-refractivity contribution is -0.138. The largest absolute Gasteiger partial charge is 0.390 e. The van der Waals surface area contributed by atoms with Gasteiger partial charge in [-0.25, -0.2) is 0 Å². The summed E-state index contributed by atoms with van der Waals surface area (Å²) in [5, 5.41) is 3.26. The van der Waals surface area contributed by atoms with Crippen LogP contribution in [0.5, 0.6) is 0 Å². The van der Waals surface area contributed by atoms with Crippen LogP contribution in [-0.4, -0.2) is 43.8 Å². The van der Waals surface area contributed by atoms with E-state index in [9.17, 15) is 13.2 Å². The molecule has 0 spiro atoms. The molecule has 0 radical (unpaired) electrons. The summed E-state index contributed by atoms with van der Waals surface area (Å²) in [7, 11) is 3.69. The number of nitrogens with zero attached hydrogens (tertiary/aromatic N) is 1. The molecule has 0 aliphatic heterocycles. The quantitative estimate of drug-likeness (QED) is 0.827. The van der Waals surface area contributed by atoms with E-state index >= 15 is 0 Å². The highest BCUT2D eigenvalue weighted by atomic mass is 19.4. The fourth-order valence-corrected chi connectivity index (χ4v) is 2.89. The number of halogens is 3. The van der Waals surface area contributed by atoms with Crippen LogP contribution in [0.3, 0.4) is 0 Å². The Balaban J connectivity index is 2.55. The Morgan fingerprint density at radius 1 is 1.35 bits per heavy atom. The highest BCUT2D eigenvalue weighted by Crippen LogP contribution is 2.39. The fourth-order valence-electron chi connectivity index (χ4n) is 2.89. The second kappa shape index (κ2) is 5.14. The zero-order valence-electron chi connectivity index (χ0n) is 11.1. The topological polar surface area (TPSA) is 15.3 Å². The number of likely N-dealkylation sites (N-methyl/N-ethyl adjacent to an activating group) is 2. The van der Waals surface area contributed by atoms with Gasteiger partial charge in [-0.15, -0.1) is 0 Å². The zero-order valence-corrected chi connectivity index (χ0v) is 11.1.